The molecule has 7 nitrogen and oxygen atoms in total. The fraction of sp³-hybridized carbons (Fsp3) is 0.591. The zero-order valence-corrected chi connectivity index (χ0v) is 18.5. The highest BCUT2D eigenvalue weighted by Gasteiger charge is 2.24. The molecule has 2 heterocycles. The van der Waals surface area contributed by atoms with Gasteiger partial charge < -0.3 is 19.5 Å². The normalized spacial score (nSPS) is 17.3. The Labute approximate surface area is 182 Å². The van der Waals surface area contributed by atoms with Crippen molar-refractivity contribution in [2.24, 2.45) is 0 Å². The van der Waals surface area contributed by atoms with E-state index in [1.165, 1.54) is 31.0 Å². The minimum absolute atomic E-state index is 0.215. The molecule has 30 heavy (non-hydrogen) atoms. The van der Waals surface area contributed by atoms with Crippen molar-refractivity contribution >= 4 is 23.4 Å². The molecule has 8 heteroatoms. The molecule has 0 bridgehead atoms. The van der Waals surface area contributed by atoms with Crippen LogP contribution >= 0.6 is 11.8 Å². The van der Waals surface area contributed by atoms with E-state index in [1.807, 2.05) is 29.2 Å². The van der Waals surface area contributed by atoms with Crippen LogP contribution in [0.2, 0.25) is 0 Å². The molecule has 1 aliphatic carbocycles. The number of hydrogen-bond acceptors (Lipinski definition) is 6. The zero-order valence-electron chi connectivity index (χ0n) is 17.7. The summed E-state index contributed by atoms with van der Waals surface area (Å²) in [4.78, 5) is 14.5. The second-order valence-corrected chi connectivity index (χ2v) is 8.97. The Balaban J connectivity index is 1.47. The molecule has 1 aromatic heterocycles. The molecular weight excluding hydrogens is 398 g/mol. The van der Waals surface area contributed by atoms with Crippen molar-refractivity contribution in [1.29, 1.82) is 0 Å². The number of ether oxygens (including phenoxy) is 1. The molecule has 0 radical (unpaired) electrons. The number of methoxy groups -OCH3 is 1. The first-order valence-corrected chi connectivity index (χ1v) is 12.0. The van der Waals surface area contributed by atoms with Gasteiger partial charge in [-0.3, -0.25) is 4.79 Å². The number of nitrogens with zero attached hydrogens (tertiary/aromatic N) is 4. The number of nitrogens with one attached hydrogen (secondary N) is 1. The Bertz CT molecular complexity index is 844. The molecule has 0 atom stereocenters. The van der Waals surface area contributed by atoms with Crippen LogP contribution in [0.5, 0.6) is 5.75 Å². The van der Waals surface area contributed by atoms with Gasteiger partial charge in [0.1, 0.15) is 5.75 Å². The average molecular weight is 430 g/mol. The molecule has 0 unspecified atom stereocenters. The van der Waals surface area contributed by atoms with E-state index < -0.39 is 0 Å². The maximum Gasteiger partial charge on any atom is 0.233 e. The first kappa shape index (κ1) is 21.0. The van der Waals surface area contributed by atoms with Crippen LogP contribution in [0.1, 0.15) is 56.8 Å². The van der Waals surface area contributed by atoms with Crippen molar-refractivity contribution in [3.05, 3.63) is 30.1 Å². The predicted molar refractivity (Wildman–Crippen MR) is 119 cm³/mol. The molecular formula is C22H31N5O2S. The first-order chi connectivity index (χ1) is 14.7. The van der Waals surface area contributed by atoms with Gasteiger partial charge >= 0.3 is 0 Å². The Morgan fingerprint density at radius 1 is 1.17 bits per heavy atom. The van der Waals surface area contributed by atoms with E-state index in [1.54, 1.807) is 7.11 Å². The van der Waals surface area contributed by atoms with E-state index in [-0.39, 0.29) is 5.91 Å². The van der Waals surface area contributed by atoms with E-state index in [9.17, 15) is 4.79 Å². The fourth-order valence-electron chi connectivity index (χ4n) is 4.33. The minimum atomic E-state index is 0.215. The van der Waals surface area contributed by atoms with E-state index in [0.717, 1.165) is 61.2 Å². The lowest BCUT2D eigenvalue weighted by Gasteiger charge is -2.26. The van der Waals surface area contributed by atoms with Crippen molar-refractivity contribution in [2.75, 3.05) is 31.3 Å². The number of amides is 1. The molecule has 4 rings (SSSR count). The third kappa shape index (κ3) is 5.09. The highest BCUT2D eigenvalue weighted by Crippen LogP contribution is 2.33. The first-order valence-electron chi connectivity index (χ1n) is 11.0. The monoisotopic (exact) mass is 429 g/mol. The van der Waals surface area contributed by atoms with Crippen LogP contribution in [-0.4, -0.2) is 51.5 Å². The summed E-state index contributed by atoms with van der Waals surface area (Å²) in [5.74, 6) is 2.41. The number of likely N-dealkylation sites (tertiary alicyclic amines) is 1. The number of thioether (sulfide) groups is 1. The Hall–Kier alpha value is -2.22. The van der Waals surface area contributed by atoms with Gasteiger partial charge in [0.15, 0.2) is 11.0 Å². The van der Waals surface area contributed by atoms with Crippen molar-refractivity contribution in [1.82, 2.24) is 19.7 Å². The Morgan fingerprint density at radius 2 is 1.97 bits per heavy atom. The van der Waals surface area contributed by atoms with Crippen LogP contribution in [0.3, 0.4) is 0 Å². The standard InChI is InChI=1S/C22H31N5O2S/c1-29-19-11-7-8-17(14-19)23-15-20-24-25-22(27(20)18-9-3-2-4-10-18)30-16-21(28)26-12-5-6-13-26/h7-8,11,14,18,23H,2-6,9-10,12-13,15-16H2,1H3. The van der Waals surface area contributed by atoms with E-state index in [4.69, 9.17) is 4.74 Å². The second-order valence-electron chi connectivity index (χ2n) is 8.02. The topological polar surface area (TPSA) is 72.3 Å². The molecule has 162 valence electrons. The molecule has 2 aromatic rings. The van der Waals surface area contributed by atoms with Crippen molar-refractivity contribution < 1.29 is 9.53 Å². The second kappa shape index (κ2) is 10.2. The lowest BCUT2D eigenvalue weighted by molar-refractivity contribution is -0.127. The largest absolute Gasteiger partial charge is 0.497 e. The number of aromatic nitrogens is 3. The smallest absolute Gasteiger partial charge is 0.233 e. The number of hydrogen-bond donors (Lipinski definition) is 1. The number of carbonyl (C=O) groups excluding carboxylic acids is 1. The molecule has 1 saturated heterocycles. The van der Waals surface area contributed by atoms with Gasteiger partial charge in [-0.1, -0.05) is 37.1 Å². The Kier molecular flexibility index (Phi) is 7.15. The molecule has 1 amide bonds. The molecule has 1 saturated carbocycles. The summed E-state index contributed by atoms with van der Waals surface area (Å²) in [6.45, 7) is 2.38. The van der Waals surface area contributed by atoms with Gasteiger partial charge in [-0.25, -0.2) is 0 Å². The number of benzene rings is 1. The van der Waals surface area contributed by atoms with Crippen molar-refractivity contribution in [2.45, 2.75) is 62.7 Å². The van der Waals surface area contributed by atoms with Crippen LogP contribution in [0.15, 0.2) is 29.4 Å². The fourth-order valence-corrected chi connectivity index (χ4v) is 5.26. The third-order valence-electron chi connectivity index (χ3n) is 5.98. The van der Waals surface area contributed by atoms with Crippen LogP contribution in [0.25, 0.3) is 0 Å². The quantitative estimate of drug-likeness (QED) is 0.637. The van der Waals surface area contributed by atoms with Crippen LogP contribution < -0.4 is 10.1 Å². The maximum atomic E-state index is 12.5. The molecule has 2 fully saturated rings. The number of rotatable bonds is 8. The van der Waals surface area contributed by atoms with Crippen LogP contribution in [0, 0.1) is 0 Å². The van der Waals surface area contributed by atoms with Gasteiger partial charge in [0.2, 0.25) is 5.91 Å². The van der Waals surface area contributed by atoms with E-state index >= 15 is 0 Å². The highest BCUT2D eigenvalue weighted by molar-refractivity contribution is 7.99. The average Bonchev–Trinajstić information content (AvgIpc) is 3.47. The summed E-state index contributed by atoms with van der Waals surface area (Å²) < 4.78 is 7.60. The summed E-state index contributed by atoms with van der Waals surface area (Å²) in [5.41, 5.74) is 0.992. The molecule has 1 aromatic carbocycles. The molecule has 1 aliphatic heterocycles. The molecule has 0 spiro atoms. The molecule has 2 aliphatic rings. The van der Waals surface area contributed by atoms with Gasteiger partial charge in [-0.2, -0.15) is 0 Å². The van der Waals surface area contributed by atoms with Crippen molar-refractivity contribution in [3.8, 4) is 5.75 Å². The van der Waals surface area contributed by atoms with E-state index in [2.05, 4.69) is 20.1 Å². The summed E-state index contributed by atoms with van der Waals surface area (Å²) in [7, 11) is 1.67. The number of carbonyl (C=O) groups is 1. The van der Waals surface area contributed by atoms with Gasteiger partial charge in [0.05, 0.1) is 19.4 Å². The summed E-state index contributed by atoms with van der Waals surface area (Å²) in [5, 5.41) is 13.3. The van der Waals surface area contributed by atoms with Gasteiger partial charge in [-0.15, -0.1) is 10.2 Å². The van der Waals surface area contributed by atoms with E-state index in [0.29, 0.717) is 18.3 Å². The predicted octanol–water partition coefficient (Wildman–Crippen LogP) is 4.12. The lowest BCUT2D eigenvalue weighted by atomic mass is 9.95. The third-order valence-corrected chi connectivity index (χ3v) is 6.91. The van der Waals surface area contributed by atoms with Crippen molar-refractivity contribution in [3.63, 3.8) is 0 Å². The highest BCUT2D eigenvalue weighted by atomic mass is 32.2. The maximum absolute atomic E-state index is 12.5. The van der Waals surface area contributed by atoms with Crippen LogP contribution in [0.4, 0.5) is 5.69 Å². The SMILES string of the molecule is COc1cccc(NCc2nnc(SCC(=O)N3CCCC3)n2C2CCCCC2)c1. The summed E-state index contributed by atoms with van der Waals surface area (Å²) in [6.07, 6.45) is 8.32. The summed E-state index contributed by atoms with van der Waals surface area (Å²) in [6, 6.07) is 8.32. The van der Waals surface area contributed by atoms with Crippen LogP contribution in [-0.2, 0) is 11.3 Å². The zero-order chi connectivity index (χ0) is 20.8. The Morgan fingerprint density at radius 3 is 2.73 bits per heavy atom. The number of anilines is 1. The molecule has 1 N–H and O–H groups in total. The lowest BCUT2D eigenvalue weighted by Crippen LogP contribution is -2.29. The van der Waals surface area contributed by atoms with Gasteiger partial charge in [0.25, 0.3) is 0 Å². The minimum Gasteiger partial charge on any atom is -0.497 e. The van der Waals surface area contributed by atoms with Gasteiger partial charge in [-0.05, 0) is 37.8 Å². The summed E-state index contributed by atoms with van der Waals surface area (Å²) >= 11 is 1.53. The van der Waals surface area contributed by atoms with Gasteiger partial charge in [0, 0.05) is 30.9 Å².